The summed E-state index contributed by atoms with van der Waals surface area (Å²) in [5.41, 5.74) is 3.54. The highest BCUT2D eigenvalue weighted by Crippen LogP contribution is 2.25. The van der Waals surface area contributed by atoms with Crippen molar-refractivity contribution < 1.29 is 4.39 Å². The van der Waals surface area contributed by atoms with Crippen LogP contribution in [0.3, 0.4) is 0 Å². The number of benzene rings is 2. The van der Waals surface area contributed by atoms with Gasteiger partial charge in [-0.15, -0.1) is 0 Å². The van der Waals surface area contributed by atoms with Gasteiger partial charge in [0, 0.05) is 76.9 Å². The molecule has 2 aromatic heterocycles. The monoisotopic (exact) mass is 526 g/mol. The molecule has 200 valence electrons. The molecule has 2 aromatic carbocycles. The number of hydrogen-bond donors (Lipinski definition) is 2. The highest BCUT2D eigenvalue weighted by atomic mass is 19.1. The van der Waals surface area contributed by atoms with Crippen molar-refractivity contribution in [3.63, 3.8) is 0 Å². The fraction of sp³-hybridized carbons (Fsp3) is 0.321. The van der Waals surface area contributed by atoms with Gasteiger partial charge in [-0.3, -0.25) is 0 Å². The standard InChI is InChI=1S/C28H31FN10/c29-24-17-23(37-10-8-30-9-11-37)6-7-25(24)35-26-33-20-34-28(36-26)39-14-12-38(13-15-39)27-31-18-22(19-32-27)16-21-4-2-1-3-5-21/h1-7,17-20,30H,8-16H2,(H,33,34,35,36). The third-order valence-electron chi connectivity index (χ3n) is 7.03. The number of halogens is 1. The van der Waals surface area contributed by atoms with Crippen molar-refractivity contribution in [2.75, 3.05) is 72.4 Å². The minimum absolute atomic E-state index is 0.314. The van der Waals surface area contributed by atoms with Gasteiger partial charge in [0.25, 0.3) is 0 Å². The first-order valence-electron chi connectivity index (χ1n) is 13.3. The molecular weight excluding hydrogens is 495 g/mol. The smallest absolute Gasteiger partial charge is 0.232 e. The van der Waals surface area contributed by atoms with Crippen LogP contribution in [0.2, 0.25) is 0 Å². The topological polar surface area (TPSA) is 98.2 Å². The van der Waals surface area contributed by atoms with Crippen molar-refractivity contribution in [1.82, 2.24) is 30.2 Å². The van der Waals surface area contributed by atoms with Crippen LogP contribution in [0.5, 0.6) is 0 Å². The molecule has 0 unspecified atom stereocenters. The van der Waals surface area contributed by atoms with Gasteiger partial charge in [0.1, 0.15) is 12.1 Å². The summed E-state index contributed by atoms with van der Waals surface area (Å²) in [5, 5.41) is 6.33. The van der Waals surface area contributed by atoms with Gasteiger partial charge in [0.15, 0.2) is 0 Å². The summed E-state index contributed by atoms with van der Waals surface area (Å²) in [6, 6.07) is 15.5. The van der Waals surface area contributed by atoms with E-state index >= 15 is 0 Å². The zero-order chi connectivity index (χ0) is 26.4. The predicted molar refractivity (Wildman–Crippen MR) is 150 cm³/mol. The average molecular weight is 527 g/mol. The summed E-state index contributed by atoms with van der Waals surface area (Å²) in [6.07, 6.45) is 6.08. The molecule has 0 atom stereocenters. The van der Waals surface area contributed by atoms with Crippen LogP contribution in [-0.4, -0.2) is 77.3 Å². The summed E-state index contributed by atoms with van der Waals surface area (Å²) in [7, 11) is 0. The van der Waals surface area contributed by atoms with E-state index in [1.54, 1.807) is 12.1 Å². The lowest BCUT2D eigenvalue weighted by molar-refractivity contribution is 0.585. The van der Waals surface area contributed by atoms with E-state index in [1.807, 2.05) is 36.7 Å². The number of nitrogens with one attached hydrogen (secondary N) is 2. The van der Waals surface area contributed by atoms with Crippen molar-refractivity contribution in [2.45, 2.75) is 6.42 Å². The van der Waals surface area contributed by atoms with Crippen LogP contribution in [0.4, 0.5) is 33.6 Å². The minimum Gasteiger partial charge on any atom is -0.369 e. The Labute approximate surface area is 227 Å². The molecule has 10 nitrogen and oxygen atoms in total. The summed E-state index contributed by atoms with van der Waals surface area (Å²) < 4.78 is 14.9. The van der Waals surface area contributed by atoms with Crippen LogP contribution in [0.25, 0.3) is 0 Å². The first-order chi connectivity index (χ1) is 19.2. The Bertz CT molecular complexity index is 1370. The molecule has 0 amide bonds. The maximum Gasteiger partial charge on any atom is 0.232 e. The summed E-state index contributed by atoms with van der Waals surface area (Å²) in [6.45, 7) is 6.45. The summed E-state index contributed by atoms with van der Waals surface area (Å²) >= 11 is 0. The van der Waals surface area contributed by atoms with Crippen LogP contribution in [0, 0.1) is 5.82 Å². The van der Waals surface area contributed by atoms with E-state index in [-0.39, 0.29) is 5.82 Å². The second-order valence-corrected chi connectivity index (χ2v) is 9.66. The molecule has 4 heterocycles. The van der Waals surface area contributed by atoms with E-state index in [4.69, 9.17) is 0 Å². The normalized spacial score (nSPS) is 15.9. The predicted octanol–water partition coefficient (Wildman–Crippen LogP) is 2.87. The molecule has 0 spiro atoms. The molecule has 4 aromatic rings. The lowest BCUT2D eigenvalue weighted by Gasteiger charge is -2.34. The number of hydrogen-bond acceptors (Lipinski definition) is 10. The first kappa shape index (κ1) is 24.9. The van der Waals surface area contributed by atoms with Crippen molar-refractivity contribution >= 4 is 29.2 Å². The second-order valence-electron chi connectivity index (χ2n) is 9.66. The Balaban J connectivity index is 1.05. The third kappa shape index (κ3) is 6.04. The highest BCUT2D eigenvalue weighted by molar-refractivity contribution is 5.61. The number of piperazine rings is 2. The van der Waals surface area contributed by atoms with E-state index in [1.165, 1.54) is 11.9 Å². The van der Waals surface area contributed by atoms with E-state index < -0.39 is 0 Å². The quantitative estimate of drug-likeness (QED) is 0.374. The van der Waals surface area contributed by atoms with Crippen molar-refractivity contribution in [2.24, 2.45) is 0 Å². The Kier molecular flexibility index (Phi) is 7.39. The van der Waals surface area contributed by atoms with Gasteiger partial charge in [-0.1, -0.05) is 30.3 Å². The number of rotatable bonds is 7. The molecule has 39 heavy (non-hydrogen) atoms. The van der Waals surface area contributed by atoms with Crippen molar-refractivity contribution in [3.05, 3.63) is 84.2 Å². The molecule has 0 radical (unpaired) electrons. The van der Waals surface area contributed by atoms with E-state index in [0.29, 0.717) is 30.7 Å². The van der Waals surface area contributed by atoms with Gasteiger partial charge < -0.3 is 25.3 Å². The molecule has 2 N–H and O–H groups in total. The fourth-order valence-corrected chi connectivity index (χ4v) is 4.89. The van der Waals surface area contributed by atoms with Crippen LogP contribution in [-0.2, 0) is 6.42 Å². The number of nitrogens with zero attached hydrogens (tertiary/aromatic N) is 8. The average Bonchev–Trinajstić information content (AvgIpc) is 3.00. The minimum atomic E-state index is -0.337. The van der Waals surface area contributed by atoms with E-state index in [2.05, 4.69) is 62.4 Å². The fourth-order valence-electron chi connectivity index (χ4n) is 4.89. The Morgan fingerprint density at radius 1 is 0.744 bits per heavy atom. The molecule has 6 rings (SSSR count). The molecule has 2 aliphatic rings. The highest BCUT2D eigenvalue weighted by Gasteiger charge is 2.21. The lowest BCUT2D eigenvalue weighted by atomic mass is 10.1. The first-order valence-corrected chi connectivity index (χ1v) is 13.3. The molecular formula is C28H31FN10. The molecule has 2 fully saturated rings. The SMILES string of the molecule is Fc1cc(N2CCNCC2)ccc1Nc1ncnc(N2CCN(c3ncc(Cc4ccccc4)cn3)CC2)n1. The zero-order valence-corrected chi connectivity index (χ0v) is 21.7. The largest absolute Gasteiger partial charge is 0.369 e. The van der Waals surface area contributed by atoms with E-state index in [0.717, 1.165) is 62.9 Å². The summed E-state index contributed by atoms with van der Waals surface area (Å²) in [5.74, 6) is 1.26. The van der Waals surface area contributed by atoms with Crippen molar-refractivity contribution in [3.8, 4) is 0 Å². The van der Waals surface area contributed by atoms with Gasteiger partial charge in [0.2, 0.25) is 17.8 Å². The van der Waals surface area contributed by atoms with Crippen LogP contribution >= 0.6 is 0 Å². The van der Waals surface area contributed by atoms with Gasteiger partial charge in [0.05, 0.1) is 5.69 Å². The zero-order valence-electron chi connectivity index (χ0n) is 21.7. The van der Waals surface area contributed by atoms with Gasteiger partial charge in [-0.25, -0.2) is 24.3 Å². The maximum atomic E-state index is 14.9. The lowest BCUT2D eigenvalue weighted by Crippen LogP contribution is -2.47. The Hall–Kier alpha value is -4.38. The van der Waals surface area contributed by atoms with Gasteiger partial charge in [-0.2, -0.15) is 4.98 Å². The number of aromatic nitrogens is 5. The van der Waals surface area contributed by atoms with Crippen LogP contribution in [0.15, 0.2) is 67.3 Å². The molecule has 0 aliphatic carbocycles. The van der Waals surface area contributed by atoms with E-state index in [9.17, 15) is 4.39 Å². The maximum absolute atomic E-state index is 14.9. The second kappa shape index (κ2) is 11.6. The third-order valence-corrected chi connectivity index (χ3v) is 7.03. The molecule has 0 bridgehead atoms. The Morgan fingerprint density at radius 2 is 1.46 bits per heavy atom. The van der Waals surface area contributed by atoms with Gasteiger partial charge >= 0.3 is 0 Å². The van der Waals surface area contributed by atoms with Crippen LogP contribution in [0.1, 0.15) is 11.1 Å². The van der Waals surface area contributed by atoms with Gasteiger partial charge in [-0.05, 0) is 29.3 Å². The van der Waals surface area contributed by atoms with Crippen LogP contribution < -0.4 is 25.3 Å². The van der Waals surface area contributed by atoms with Crippen molar-refractivity contribution in [1.29, 1.82) is 0 Å². The Morgan fingerprint density at radius 3 is 2.18 bits per heavy atom. The molecule has 2 saturated heterocycles. The molecule has 0 saturated carbocycles. The molecule has 2 aliphatic heterocycles. The number of anilines is 5. The summed E-state index contributed by atoms with van der Waals surface area (Å²) in [4.78, 5) is 28.8. The molecule has 11 heteroatoms.